The Bertz CT molecular complexity index is 1220. The third kappa shape index (κ3) is 8.97. The van der Waals surface area contributed by atoms with Crippen LogP contribution in [0.15, 0.2) is 12.1 Å². The molecule has 4 heterocycles. The molecule has 4 fully saturated rings. The van der Waals surface area contributed by atoms with E-state index in [1.807, 2.05) is 7.11 Å². The second kappa shape index (κ2) is 17.7. The third-order valence-electron chi connectivity index (χ3n) is 11.9. The number of amides is 1. The molecular weight excluding hydrogens is 648 g/mol. The number of nitrogens with zero attached hydrogens (tertiary/aromatic N) is 4. The van der Waals surface area contributed by atoms with Crippen molar-refractivity contribution in [1.82, 2.24) is 25.1 Å². The van der Waals surface area contributed by atoms with Crippen LogP contribution in [-0.4, -0.2) is 138 Å². The predicted molar refractivity (Wildman–Crippen MR) is 186 cm³/mol. The van der Waals surface area contributed by atoms with Crippen LogP contribution in [0.5, 0.6) is 5.75 Å². The summed E-state index contributed by atoms with van der Waals surface area (Å²) in [7, 11) is 1.81. The molecular formula is C37H61F2N5O6. The molecule has 13 heteroatoms. The molecule has 1 amide bonds. The van der Waals surface area contributed by atoms with Crippen LogP contribution in [0.4, 0.5) is 8.78 Å². The number of rotatable bonds is 20. The van der Waals surface area contributed by atoms with Crippen molar-refractivity contribution in [3.8, 4) is 5.75 Å². The van der Waals surface area contributed by atoms with Gasteiger partial charge in [-0.3, -0.25) is 9.69 Å². The highest BCUT2D eigenvalue weighted by Crippen LogP contribution is 2.51. The van der Waals surface area contributed by atoms with Crippen LogP contribution in [0, 0.1) is 29.4 Å². The monoisotopic (exact) mass is 709 g/mol. The lowest BCUT2D eigenvalue weighted by molar-refractivity contribution is -0.129. The molecule has 4 aliphatic heterocycles. The van der Waals surface area contributed by atoms with Crippen LogP contribution in [0.1, 0.15) is 77.2 Å². The maximum atomic E-state index is 15.0. The zero-order valence-corrected chi connectivity index (χ0v) is 30.4. The fourth-order valence-electron chi connectivity index (χ4n) is 8.41. The minimum Gasteiger partial charge on any atom is -0.493 e. The average molecular weight is 710 g/mol. The van der Waals surface area contributed by atoms with Crippen molar-refractivity contribution in [3.63, 3.8) is 0 Å². The summed E-state index contributed by atoms with van der Waals surface area (Å²) in [6, 6.07) is 2.34. The van der Waals surface area contributed by atoms with E-state index in [2.05, 4.69) is 34.1 Å². The highest BCUT2D eigenvalue weighted by molar-refractivity contribution is 5.79. The van der Waals surface area contributed by atoms with E-state index >= 15 is 0 Å². The Morgan fingerprint density at radius 1 is 1.00 bits per heavy atom. The first kappa shape index (κ1) is 39.2. The van der Waals surface area contributed by atoms with Gasteiger partial charge < -0.3 is 35.0 Å². The van der Waals surface area contributed by atoms with E-state index in [9.17, 15) is 28.9 Å². The van der Waals surface area contributed by atoms with E-state index in [-0.39, 0.29) is 35.1 Å². The Labute approximate surface area is 296 Å². The molecule has 4 aliphatic rings. The van der Waals surface area contributed by atoms with Crippen LogP contribution in [0.2, 0.25) is 0 Å². The Morgan fingerprint density at radius 2 is 1.68 bits per heavy atom. The minimum absolute atomic E-state index is 0.0284. The minimum atomic E-state index is -1.19. The number of fused-ring (bicyclic) bond motifs is 1. The Hall–Kier alpha value is -1.97. The predicted octanol–water partition coefficient (Wildman–Crippen LogP) is 2.96. The lowest BCUT2D eigenvalue weighted by Gasteiger charge is -2.38. The summed E-state index contributed by atoms with van der Waals surface area (Å²) < 4.78 is 41.3. The van der Waals surface area contributed by atoms with Crippen molar-refractivity contribution in [1.29, 1.82) is 0 Å². The van der Waals surface area contributed by atoms with E-state index in [0.29, 0.717) is 50.8 Å². The fraction of sp³-hybridized carbons (Fsp3) is 0.811. The molecule has 4 N–H and O–H groups in total. The number of carbonyl (C=O) groups excluding carboxylic acids is 1. The highest BCUT2D eigenvalue weighted by Gasteiger charge is 2.65. The molecule has 50 heavy (non-hydrogen) atoms. The quantitative estimate of drug-likeness (QED) is 0.119. The third-order valence-corrected chi connectivity index (χ3v) is 11.9. The van der Waals surface area contributed by atoms with E-state index < -0.39 is 37.0 Å². The number of piperidine rings is 1. The molecule has 0 spiro atoms. The molecule has 284 valence electrons. The average Bonchev–Trinajstić information content (AvgIpc) is 3.50. The Balaban J connectivity index is 1.01. The van der Waals surface area contributed by atoms with Crippen molar-refractivity contribution >= 4 is 5.91 Å². The number of hydrazine groups is 1. The molecule has 11 nitrogen and oxygen atoms in total. The topological polar surface area (TPSA) is 121 Å². The number of carbonyl (C=O) groups is 1. The van der Waals surface area contributed by atoms with Gasteiger partial charge in [-0.05, 0) is 57.3 Å². The largest absolute Gasteiger partial charge is 0.493 e. The molecule has 0 radical (unpaired) electrons. The van der Waals surface area contributed by atoms with Crippen molar-refractivity contribution in [2.75, 3.05) is 79.4 Å². The summed E-state index contributed by atoms with van der Waals surface area (Å²) in [6.45, 7) is 9.03. The van der Waals surface area contributed by atoms with E-state index in [0.717, 1.165) is 51.9 Å². The molecule has 0 bridgehead atoms. The van der Waals surface area contributed by atoms with Crippen LogP contribution in [0.25, 0.3) is 0 Å². The van der Waals surface area contributed by atoms with Crippen LogP contribution in [-0.2, 0) is 16.0 Å². The standard InChI is InChI=1S/C37H61F2N5O6/c1-4-5-6-12-36(2)29(23-49-3)22-43-35(44(36)43)41-13-9-27(10-14-41)8-7-16-50-30-17-32(38)31(33(39)18-30)19-34(48)42-15-11-28(21-42)20-40-37(24-45,25-46)26-47/h17-18,27-29,35,40,45-47H,4-16,19-26H2,1-3H3/t28-,29?,35?,36?,43?,44?/m0/s1. The van der Waals surface area contributed by atoms with Crippen LogP contribution >= 0.6 is 0 Å². The smallest absolute Gasteiger partial charge is 0.227 e. The van der Waals surface area contributed by atoms with Gasteiger partial charge in [-0.25, -0.2) is 18.8 Å². The summed E-state index contributed by atoms with van der Waals surface area (Å²) in [5.74, 6) is -0.626. The lowest BCUT2D eigenvalue weighted by Crippen LogP contribution is -2.56. The molecule has 5 unspecified atom stereocenters. The van der Waals surface area contributed by atoms with Gasteiger partial charge in [-0.1, -0.05) is 26.2 Å². The number of ether oxygens (including phenoxy) is 2. The maximum Gasteiger partial charge on any atom is 0.227 e. The summed E-state index contributed by atoms with van der Waals surface area (Å²) in [4.78, 5) is 17.1. The van der Waals surface area contributed by atoms with Gasteiger partial charge in [0.1, 0.15) is 23.7 Å². The number of hydrogen-bond acceptors (Lipinski definition) is 10. The van der Waals surface area contributed by atoms with Gasteiger partial charge in [0.2, 0.25) is 5.91 Å². The van der Waals surface area contributed by atoms with Crippen molar-refractivity contribution in [3.05, 3.63) is 29.3 Å². The number of unbranched alkanes of at least 4 members (excludes halogenated alkanes) is 2. The molecule has 6 atom stereocenters. The molecule has 0 aliphatic carbocycles. The van der Waals surface area contributed by atoms with Crippen molar-refractivity contribution < 1.29 is 38.4 Å². The van der Waals surface area contributed by atoms with E-state index in [1.165, 1.54) is 37.8 Å². The van der Waals surface area contributed by atoms with Crippen molar-refractivity contribution in [2.45, 2.75) is 95.4 Å². The second-order valence-electron chi connectivity index (χ2n) is 15.4. The molecule has 1 aromatic carbocycles. The number of nitrogens with one attached hydrogen (secondary N) is 1. The molecule has 0 saturated carbocycles. The molecule has 4 saturated heterocycles. The van der Waals surface area contributed by atoms with Gasteiger partial charge in [-0.15, -0.1) is 0 Å². The SMILES string of the molecule is CCCCCC1(C)C(COC)CN2C(N3CCC(CCCOc4cc(F)c(CC(=O)N5CC[C@@H](CNC(CO)(CO)CO)C5)c(F)c4)CC3)N21. The van der Waals surface area contributed by atoms with Gasteiger partial charge in [0.05, 0.1) is 45.0 Å². The first-order valence-corrected chi connectivity index (χ1v) is 18.9. The summed E-state index contributed by atoms with van der Waals surface area (Å²) in [6.07, 6.45) is 9.77. The fourth-order valence-corrected chi connectivity index (χ4v) is 8.41. The Morgan fingerprint density at radius 3 is 2.32 bits per heavy atom. The normalized spacial score (nSPS) is 28.7. The van der Waals surface area contributed by atoms with Gasteiger partial charge in [0.15, 0.2) is 0 Å². The number of benzene rings is 1. The first-order valence-electron chi connectivity index (χ1n) is 18.9. The summed E-state index contributed by atoms with van der Waals surface area (Å²) in [5.41, 5.74) is -1.30. The number of halogens is 2. The number of likely N-dealkylation sites (tertiary alicyclic amines) is 2. The molecule has 0 aromatic heterocycles. The molecule has 1 aromatic rings. The van der Waals surface area contributed by atoms with Gasteiger partial charge in [0, 0.05) is 75.5 Å². The van der Waals surface area contributed by atoms with Gasteiger partial charge in [0.25, 0.3) is 0 Å². The highest BCUT2D eigenvalue weighted by atomic mass is 19.1. The van der Waals surface area contributed by atoms with Crippen molar-refractivity contribution in [2.24, 2.45) is 17.8 Å². The maximum absolute atomic E-state index is 15.0. The lowest BCUT2D eigenvalue weighted by atomic mass is 9.82. The van der Waals surface area contributed by atoms with Crippen LogP contribution in [0.3, 0.4) is 0 Å². The number of methoxy groups -OCH3 is 1. The molecule has 5 rings (SSSR count). The second-order valence-corrected chi connectivity index (χ2v) is 15.4. The summed E-state index contributed by atoms with van der Waals surface area (Å²) >= 11 is 0. The number of aliphatic hydroxyl groups is 3. The van der Waals surface area contributed by atoms with E-state index in [1.54, 1.807) is 4.90 Å². The first-order chi connectivity index (χ1) is 24.1. The van der Waals surface area contributed by atoms with Gasteiger partial charge in [-0.2, -0.15) is 0 Å². The zero-order chi connectivity index (χ0) is 35.9. The van der Waals surface area contributed by atoms with Crippen LogP contribution < -0.4 is 10.1 Å². The summed E-state index contributed by atoms with van der Waals surface area (Å²) in [5, 5.41) is 36.7. The van der Waals surface area contributed by atoms with E-state index in [4.69, 9.17) is 9.47 Å². The Kier molecular flexibility index (Phi) is 13.9. The number of aliphatic hydroxyl groups excluding tert-OH is 3. The van der Waals surface area contributed by atoms with Gasteiger partial charge >= 0.3 is 0 Å². The number of hydrogen-bond donors (Lipinski definition) is 4. The zero-order valence-electron chi connectivity index (χ0n) is 30.4.